The normalized spacial score (nSPS) is 21.5. The molecule has 2 amide bonds. The first-order chi connectivity index (χ1) is 13.4. The van der Waals surface area contributed by atoms with E-state index in [4.69, 9.17) is 9.84 Å². The highest BCUT2D eigenvalue weighted by Crippen LogP contribution is 2.50. The van der Waals surface area contributed by atoms with Crippen molar-refractivity contribution in [3.05, 3.63) is 54.1 Å². The molecule has 2 atom stereocenters. The van der Waals surface area contributed by atoms with Gasteiger partial charge in [0.25, 0.3) is 0 Å². The summed E-state index contributed by atoms with van der Waals surface area (Å²) in [4.78, 5) is 23.2. The number of urea groups is 1. The molecule has 0 aromatic heterocycles. The molecule has 6 heteroatoms. The Kier molecular flexibility index (Phi) is 4.71. The third-order valence-electron chi connectivity index (χ3n) is 5.61. The molecule has 0 saturated heterocycles. The Balaban J connectivity index is 1.29. The molecule has 2 aromatic carbocycles. The second-order valence-electron chi connectivity index (χ2n) is 7.99. The molecule has 0 bridgehead atoms. The summed E-state index contributed by atoms with van der Waals surface area (Å²) >= 11 is 0. The van der Waals surface area contributed by atoms with Gasteiger partial charge in [-0.2, -0.15) is 0 Å². The van der Waals surface area contributed by atoms with Crippen LogP contribution in [0.3, 0.4) is 0 Å². The molecule has 28 heavy (non-hydrogen) atoms. The molecular weight excluding hydrogens is 356 g/mol. The number of carbonyl (C=O) groups is 2. The predicted molar refractivity (Wildman–Crippen MR) is 106 cm³/mol. The molecule has 6 nitrogen and oxygen atoms in total. The van der Waals surface area contributed by atoms with Crippen LogP contribution in [0.5, 0.6) is 11.5 Å². The van der Waals surface area contributed by atoms with Crippen LogP contribution < -0.4 is 15.4 Å². The highest BCUT2D eigenvalue weighted by molar-refractivity contribution is 5.90. The van der Waals surface area contributed by atoms with Crippen LogP contribution in [-0.2, 0) is 0 Å². The number of nitrogens with one attached hydrogen (secondary N) is 2. The molecular formula is C22H24N2O4. The number of hydrogen-bond acceptors (Lipinski definition) is 3. The predicted octanol–water partition coefficient (Wildman–Crippen LogP) is 4.88. The molecule has 1 unspecified atom stereocenters. The molecule has 0 aliphatic heterocycles. The Hall–Kier alpha value is -3.02. The summed E-state index contributed by atoms with van der Waals surface area (Å²) in [6, 6.07) is 13.1. The Morgan fingerprint density at radius 2 is 1.64 bits per heavy atom. The number of carboxylic acids is 1. The molecule has 146 valence electrons. The minimum atomic E-state index is -0.972. The number of ether oxygens (including phenoxy) is 1. The van der Waals surface area contributed by atoms with Gasteiger partial charge in [0.05, 0.1) is 5.56 Å². The maximum absolute atomic E-state index is 12.3. The fraction of sp³-hybridized carbons (Fsp3) is 0.364. The van der Waals surface area contributed by atoms with Crippen molar-refractivity contribution in [2.75, 3.05) is 5.32 Å². The van der Waals surface area contributed by atoms with Crippen molar-refractivity contribution in [3.8, 4) is 11.5 Å². The Bertz CT molecular complexity index is 872. The molecule has 2 aliphatic rings. The monoisotopic (exact) mass is 380 g/mol. The van der Waals surface area contributed by atoms with E-state index in [9.17, 15) is 9.59 Å². The van der Waals surface area contributed by atoms with Crippen LogP contribution in [0.4, 0.5) is 10.5 Å². The Morgan fingerprint density at radius 3 is 2.14 bits per heavy atom. The van der Waals surface area contributed by atoms with Crippen molar-refractivity contribution in [1.82, 2.24) is 5.32 Å². The third kappa shape index (κ3) is 4.44. The number of aromatic carboxylic acids is 1. The van der Waals surface area contributed by atoms with E-state index in [2.05, 4.69) is 17.6 Å². The summed E-state index contributed by atoms with van der Waals surface area (Å²) in [5.41, 5.74) is 0.911. The molecule has 2 fully saturated rings. The Morgan fingerprint density at radius 1 is 1.07 bits per heavy atom. The van der Waals surface area contributed by atoms with E-state index in [0.717, 1.165) is 31.1 Å². The third-order valence-corrected chi connectivity index (χ3v) is 5.61. The van der Waals surface area contributed by atoms with Gasteiger partial charge >= 0.3 is 12.0 Å². The van der Waals surface area contributed by atoms with Gasteiger partial charge in [0.15, 0.2) is 0 Å². The second-order valence-corrected chi connectivity index (χ2v) is 7.99. The van der Waals surface area contributed by atoms with Gasteiger partial charge in [-0.05, 0) is 86.1 Å². The van der Waals surface area contributed by atoms with E-state index in [-0.39, 0.29) is 17.1 Å². The van der Waals surface area contributed by atoms with E-state index in [1.807, 2.05) is 0 Å². The van der Waals surface area contributed by atoms with Gasteiger partial charge in [0.2, 0.25) is 0 Å². The highest BCUT2D eigenvalue weighted by atomic mass is 16.5. The minimum Gasteiger partial charge on any atom is -0.478 e. The average Bonchev–Trinajstić information content (AvgIpc) is 3.57. The first-order valence-electron chi connectivity index (χ1n) is 9.63. The first kappa shape index (κ1) is 18.3. The summed E-state index contributed by atoms with van der Waals surface area (Å²) in [5.74, 6) is 1.75. The van der Waals surface area contributed by atoms with Crippen molar-refractivity contribution in [3.63, 3.8) is 0 Å². The van der Waals surface area contributed by atoms with E-state index < -0.39 is 5.97 Å². The lowest BCUT2D eigenvalue weighted by Gasteiger charge is -2.18. The minimum absolute atomic E-state index is 0.00464. The van der Waals surface area contributed by atoms with E-state index >= 15 is 0 Å². The van der Waals surface area contributed by atoms with E-state index in [1.165, 1.54) is 18.6 Å². The van der Waals surface area contributed by atoms with Crippen LogP contribution >= 0.6 is 0 Å². The average molecular weight is 380 g/mol. The summed E-state index contributed by atoms with van der Waals surface area (Å²) in [7, 11) is 0. The summed E-state index contributed by atoms with van der Waals surface area (Å²) in [6.07, 6.45) is 4.51. The second kappa shape index (κ2) is 7.19. The first-order valence-corrected chi connectivity index (χ1v) is 9.63. The van der Waals surface area contributed by atoms with Crippen molar-refractivity contribution in [1.29, 1.82) is 0 Å². The number of rotatable bonds is 7. The van der Waals surface area contributed by atoms with Crippen LogP contribution in [0, 0.1) is 11.8 Å². The Labute approximate surface area is 163 Å². The highest BCUT2D eigenvalue weighted by Gasteiger charge is 2.49. The van der Waals surface area contributed by atoms with Gasteiger partial charge < -0.3 is 20.5 Å². The smallest absolute Gasteiger partial charge is 0.335 e. The van der Waals surface area contributed by atoms with Gasteiger partial charge in [-0.3, -0.25) is 0 Å². The standard InChI is InChI=1S/C22H24N2O4/c1-14-12-16(14)13-22(10-11-22)24-21(27)23-17-4-8-19(9-5-17)28-18-6-2-15(3-7-18)20(25)26/h2-9,14,16H,10-13H2,1H3,(H,25,26)(H2,23,24,27)/t14-,16?/m0/s1. The van der Waals surface area contributed by atoms with Gasteiger partial charge in [-0.1, -0.05) is 6.92 Å². The van der Waals surface area contributed by atoms with Crippen LogP contribution in [0.2, 0.25) is 0 Å². The molecule has 0 radical (unpaired) electrons. The summed E-state index contributed by atoms with van der Waals surface area (Å²) in [6.45, 7) is 2.27. The number of amides is 2. The zero-order valence-corrected chi connectivity index (χ0v) is 15.8. The lowest BCUT2D eigenvalue weighted by molar-refractivity contribution is 0.0697. The number of carboxylic acid groups (broad SMARTS) is 1. The summed E-state index contributed by atoms with van der Waals surface area (Å²) in [5, 5.41) is 14.9. The van der Waals surface area contributed by atoms with Gasteiger partial charge in [0, 0.05) is 11.2 Å². The molecule has 0 heterocycles. The van der Waals surface area contributed by atoms with Crippen LogP contribution in [0.1, 0.15) is 43.0 Å². The molecule has 0 spiro atoms. The van der Waals surface area contributed by atoms with Crippen molar-refractivity contribution in [2.24, 2.45) is 11.8 Å². The molecule has 2 aliphatic carbocycles. The van der Waals surface area contributed by atoms with Crippen LogP contribution in [0.25, 0.3) is 0 Å². The lowest BCUT2D eigenvalue weighted by atomic mass is 10.1. The molecule has 3 N–H and O–H groups in total. The quantitative estimate of drug-likeness (QED) is 0.639. The van der Waals surface area contributed by atoms with Gasteiger partial charge in [-0.25, -0.2) is 9.59 Å². The molecule has 2 saturated carbocycles. The number of anilines is 1. The number of carbonyl (C=O) groups excluding carboxylic acids is 1. The number of benzene rings is 2. The fourth-order valence-corrected chi connectivity index (χ4v) is 3.53. The van der Waals surface area contributed by atoms with Crippen molar-refractivity contribution < 1.29 is 19.4 Å². The maximum Gasteiger partial charge on any atom is 0.335 e. The van der Waals surface area contributed by atoms with Gasteiger partial charge in [-0.15, -0.1) is 0 Å². The van der Waals surface area contributed by atoms with Crippen molar-refractivity contribution >= 4 is 17.7 Å². The SMILES string of the molecule is C[C@H]1CC1CC1(NC(=O)Nc2ccc(Oc3ccc(C(=O)O)cc3)cc2)CC1. The zero-order valence-electron chi connectivity index (χ0n) is 15.8. The van der Waals surface area contributed by atoms with E-state index in [1.54, 1.807) is 36.4 Å². The fourth-order valence-electron chi connectivity index (χ4n) is 3.53. The zero-order chi connectivity index (χ0) is 19.7. The topological polar surface area (TPSA) is 87.7 Å². The lowest BCUT2D eigenvalue weighted by Crippen LogP contribution is -2.40. The van der Waals surface area contributed by atoms with E-state index in [0.29, 0.717) is 17.2 Å². The number of hydrogen-bond donors (Lipinski definition) is 3. The van der Waals surface area contributed by atoms with Crippen LogP contribution in [0.15, 0.2) is 48.5 Å². The molecule has 2 aromatic rings. The van der Waals surface area contributed by atoms with Crippen molar-refractivity contribution in [2.45, 2.75) is 38.1 Å². The molecule has 4 rings (SSSR count). The maximum atomic E-state index is 12.3. The largest absolute Gasteiger partial charge is 0.478 e. The summed E-state index contributed by atoms with van der Waals surface area (Å²) < 4.78 is 5.70. The van der Waals surface area contributed by atoms with Crippen LogP contribution in [-0.4, -0.2) is 22.6 Å². The van der Waals surface area contributed by atoms with Gasteiger partial charge in [0.1, 0.15) is 11.5 Å².